The first-order chi connectivity index (χ1) is 10.6. The van der Waals surface area contributed by atoms with E-state index in [0.29, 0.717) is 0 Å². The number of fused-ring (bicyclic) bond motifs is 1. The van der Waals surface area contributed by atoms with Gasteiger partial charge >= 0.3 is 0 Å². The van der Waals surface area contributed by atoms with E-state index in [4.69, 9.17) is 9.16 Å². The van der Waals surface area contributed by atoms with Crippen LogP contribution in [0.15, 0.2) is 34.8 Å². The van der Waals surface area contributed by atoms with Gasteiger partial charge in [0.15, 0.2) is 8.32 Å². The predicted octanol–water partition coefficient (Wildman–Crippen LogP) is 6.69. The van der Waals surface area contributed by atoms with Crippen LogP contribution in [-0.2, 0) is 4.43 Å². The first-order valence-electron chi connectivity index (χ1n) is 8.01. The summed E-state index contributed by atoms with van der Waals surface area (Å²) in [6.07, 6.45) is -0.00397. The molecule has 126 valence electrons. The number of hydrogen-bond donors (Lipinski definition) is 0. The van der Waals surface area contributed by atoms with E-state index in [0.717, 1.165) is 15.8 Å². The van der Waals surface area contributed by atoms with Crippen molar-refractivity contribution in [3.63, 3.8) is 0 Å². The highest BCUT2D eigenvalue weighted by atomic mass is 79.9. The van der Waals surface area contributed by atoms with E-state index >= 15 is 0 Å². The second-order valence-corrected chi connectivity index (χ2v) is 13.2. The van der Waals surface area contributed by atoms with Gasteiger partial charge in [-0.15, -0.1) is 0 Å². The Morgan fingerprint density at radius 1 is 1.09 bits per heavy atom. The number of hydrogen-bond acceptors (Lipinski definition) is 2. The quantitative estimate of drug-likeness (QED) is 0.537. The maximum absolute atomic E-state index is 6.62. The summed E-state index contributed by atoms with van der Waals surface area (Å²) in [4.78, 5) is 0. The zero-order valence-corrected chi connectivity index (χ0v) is 17.7. The summed E-state index contributed by atoms with van der Waals surface area (Å²) in [7, 11) is -0.125. The molecule has 0 aliphatic carbocycles. The number of halogens is 1. The van der Waals surface area contributed by atoms with Crippen LogP contribution >= 0.6 is 15.9 Å². The third kappa shape index (κ3) is 3.81. The van der Waals surface area contributed by atoms with Crippen molar-refractivity contribution in [2.24, 2.45) is 0 Å². The van der Waals surface area contributed by atoms with Gasteiger partial charge in [-0.25, -0.2) is 0 Å². The van der Waals surface area contributed by atoms with Gasteiger partial charge in [0, 0.05) is 10.0 Å². The van der Waals surface area contributed by atoms with Gasteiger partial charge < -0.3 is 9.16 Å². The summed E-state index contributed by atoms with van der Waals surface area (Å²) < 4.78 is 13.3. The van der Waals surface area contributed by atoms with E-state index in [1.54, 1.807) is 7.11 Å². The average Bonchev–Trinajstić information content (AvgIpc) is 2.43. The normalized spacial score (nSPS) is 14.1. The molecule has 0 radical (unpaired) electrons. The molecule has 23 heavy (non-hydrogen) atoms. The van der Waals surface area contributed by atoms with Crippen LogP contribution in [0.25, 0.3) is 10.8 Å². The van der Waals surface area contributed by atoms with Crippen molar-refractivity contribution in [3.8, 4) is 5.75 Å². The Morgan fingerprint density at radius 3 is 2.30 bits per heavy atom. The molecule has 2 rings (SSSR count). The van der Waals surface area contributed by atoms with Crippen LogP contribution in [0.5, 0.6) is 5.75 Å². The molecule has 0 heterocycles. The summed E-state index contributed by atoms with van der Waals surface area (Å²) in [6, 6.07) is 10.5. The Labute approximate surface area is 149 Å². The van der Waals surface area contributed by atoms with E-state index in [1.165, 1.54) is 10.8 Å². The van der Waals surface area contributed by atoms with Crippen LogP contribution in [-0.4, -0.2) is 15.4 Å². The molecular formula is C19H27BrO2Si. The van der Waals surface area contributed by atoms with Gasteiger partial charge in [-0.2, -0.15) is 0 Å². The molecule has 0 spiro atoms. The summed E-state index contributed by atoms with van der Waals surface area (Å²) in [5.74, 6) is 0.894. The molecular weight excluding hydrogens is 368 g/mol. The van der Waals surface area contributed by atoms with Crippen LogP contribution in [0.2, 0.25) is 18.1 Å². The van der Waals surface area contributed by atoms with Crippen LogP contribution in [0.1, 0.15) is 39.4 Å². The first kappa shape index (κ1) is 18.5. The molecule has 0 bridgehead atoms. The van der Waals surface area contributed by atoms with Crippen molar-refractivity contribution < 1.29 is 9.16 Å². The molecule has 0 aromatic heterocycles. The minimum atomic E-state index is -1.85. The van der Waals surface area contributed by atoms with Gasteiger partial charge in [0.1, 0.15) is 5.75 Å². The van der Waals surface area contributed by atoms with Crippen molar-refractivity contribution in [2.45, 2.75) is 51.9 Å². The van der Waals surface area contributed by atoms with E-state index in [9.17, 15) is 0 Å². The smallest absolute Gasteiger partial charge is 0.192 e. The monoisotopic (exact) mass is 394 g/mol. The SMILES string of the molecule is COc1ccc2cc(Br)ccc2c1C(C)O[Si](C)(C)C(C)(C)C. The molecule has 0 fully saturated rings. The lowest BCUT2D eigenvalue weighted by atomic mass is 10.00. The highest BCUT2D eigenvalue weighted by Gasteiger charge is 2.39. The number of methoxy groups -OCH3 is 1. The van der Waals surface area contributed by atoms with Crippen LogP contribution in [0.4, 0.5) is 0 Å². The topological polar surface area (TPSA) is 18.5 Å². The molecule has 0 aliphatic rings. The summed E-state index contributed by atoms with van der Waals surface area (Å²) in [6.45, 7) is 13.5. The number of rotatable bonds is 4. The summed E-state index contributed by atoms with van der Waals surface area (Å²) in [5, 5.41) is 2.57. The third-order valence-electron chi connectivity index (χ3n) is 4.89. The van der Waals surface area contributed by atoms with Crippen molar-refractivity contribution in [2.75, 3.05) is 7.11 Å². The van der Waals surface area contributed by atoms with E-state index in [2.05, 4.69) is 81.0 Å². The lowest BCUT2D eigenvalue weighted by Gasteiger charge is -2.39. The van der Waals surface area contributed by atoms with Gasteiger partial charge in [0.25, 0.3) is 0 Å². The average molecular weight is 395 g/mol. The second kappa shape index (κ2) is 6.58. The third-order valence-corrected chi connectivity index (χ3v) is 9.94. The molecule has 0 saturated heterocycles. The molecule has 0 aliphatic heterocycles. The molecule has 0 N–H and O–H groups in total. The van der Waals surface area contributed by atoms with Crippen molar-refractivity contribution in [1.82, 2.24) is 0 Å². The van der Waals surface area contributed by atoms with E-state index in [-0.39, 0.29) is 11.1 Å². The molecule has 2 nitrogen and oxygen atoms in total. The predicted molar refractivity (Wildman–Crippen MR) is 105 cm³/mol. The number of benzene rings is 2. The van der Waals surface area contributed by atoms with E-state index < -0.39 is 8.32 Å². The van der Waals surface area contributed by atoms with Gasteiger partial charge in [-0.1, -0.05) is 48.8 Å². The molecule has 2 aromatic rings. The van der Waals surface area contributed by atoms with Gasteiger partial charge in [0.05, 0.1) is 13.2 Å². The fraction of sp³-hybridized carbons (Fsp3) is 0.474. The standard InChI is InChI=1S/C19H27BrO2Si/c1-13(22-23(6,7)19(2,3)4)18-16-10-9-15(20)12-14(16)8-11-17(18)21-5/h8-13H,1-7H3. The largest absolute Gasteiger partial charge is 0.496 e. The van der Waals surface area contributed by atoms with Gasteiger partial charge in [0.2, 0.25) is 0 Å². The van der Waals surface area contributed by atoms with E-state index in [1.807, 2.05) is 6.07 Å². The second-order valence-electron chi connectivity index (χ2n) is 7.57. The van der Waals surface area contributed by atoms with Gasteiger partial charge in [-0.3, -0.25) is 0 Å². The van der Waals surface area contributed by atoms with Gasteiger partial charge in [-0.05, 0) is 54.0 Å². The zero-order chi connectivity index (χ0) is 17.4. The van der Waals surface area contributed by atoms with Crippen molar-refractivity contribution >= 4 is 35.0 Å². The minimum absolute atomic E-state index is 0.00397. The summed E-state index contributed by atoms with van der Waals surface area (Å²) in [5.41, 5.74) is 1.14. The Bertz CT molecular complexity index is 704. The fourth-order valence-electron chi connectivity index (χ4n) is 2.58. The number of ether oxygens (including phenoxy) is 1. The van der Waals surface area contributed by atoms with Crippen LogP contribution in [0, 0.1) is 0 Å². The molecule has 0 amide bonds. The Kier molecular flexibility index (Phi) is 5.29. The summed E-state index contributed by atoms with van der Waals surface area (Å²) >= 11 is 3.55. The molecule has 1 unspecified atom stereocenters. The Morgan fingerprint density at radius 2 is 1.74 bits per heavy atom. The molecule has 4 heteroatoms. The molecule has 2 aromatic carbocycles. The maximum Gasteiger partial charge on any atom is 0.192 e. The minimum Gasteiger partial charge on any atom is -0.496 e. The highest BCUT2D eigenvalue weighted by molar-refractivity contribution is 9.10. The Hall–Kier alpha value is -0.843. The molecule has 1 atom stereocenters. The highest BCUT2D eigenvalue weighted by Crippen LogP contribution is 2.42. The fourth-order valence-corrected chi connectivity index (χ4v) is 4.31. The maximum atomic E-state index is 6.62. The lowest BCUT2D eigenvalue weighted by Crippen LogP contribution is -2.41. The Balaban J connectivity index is 2.52. The van der Waals surface area contributed by atoms with Crippen molar-refractivity contribution in [3.05, 3.63) is 40.4 Å². The zero-order valence-electron chi connectivity index (χ0n) is 15.2. The van der Waals surface area contributed by atoms with Crippen molar-refractivity contribution in [1.29, 1.82) is 0 Å². The van der Waals surface area contributed by atoms with Crippen LogP contribution < -0.4 is 4.74 Å². The van der Waals surface area contributed by atoms with Crippen LogP contribution in [0.3, 0.4) is 0 Å². The lowest BCUT2D eigenvalue weighted by molar-refractivity contribution is 0.200. The first-order valence-corrected chi connectivity index (χ1v) is 11.7. The molecule has 0 saturated carbocycles.